The van der Waals surface area contributed by atoms with Crippen molar-refractivity contribution in [3.63, 3.8) is 0 Å². The zero-order valence-electron chi connectivity index (χ0n) is 8.93. The number of aromatic nitrogens is 2. The van der Waals surface area contributed by atoms with Crippen molar-refractivity contribution in [3.05, 3.63) is 59.4 Å². The van der Waals surface area contributed by atoms with Gasteiger partial charge in [-0.3, -0.25) is 14.8 Å². The van der Waals surface area contributed by atoms with E-state index in [1.807, 2.05) is 0 Å². The summed E-state index contributed by atoms with van der Waals surface area (Å²) in [4.78, 5) is 19.0. The standard InChI is InChI=1S/C12H10FN3O/c13-9-4-8(6-15-7-9)5-11-10(12(14)17)2-1-3-16-11/h1-4,6-7H,5H2,(H2,14,17). The van der Waals surface area contributed by atoms with Crippen LogP contribution in [0, 0.1) is 5.82 Å². The molecule has 0 atom stereocenters. The van der Waals surface area contributed by atoms with E-state index < -0.39 is 11.7 Å². The van der Waals surface area contributed by atoms with Gasteiger partial charge in [-0.2, -0.15) is 0 Å². The Morgan fingerprint density at radius 2 is 2.24 bits per heavy atom. The SMILES string of the molecule is NC(=O)c1cccnc1Cc1cncc(F)c1. The summed E-state index contributed by atoms with van der Waals surface area (Å²) in [5, 5.41) is 0. The van der Waals surface area contributed by atoms with Crippen LogP contribution in [-0.2, 0) is 6.42 Å². The number of primary amides is 1. The Morgan fingerprint density at radius 3 is 2.94 bits per heavy atom. The molecule has 0 spiro atoms. The molecule has 1 amide bonds. The molecule has 2 aromatic heterocycles. The van der Waals surface area contributed by atoms with E-state index in [2.05, 4.69) is 9.97 Å². The summed E-state index contributed by atoms with van der Waals surface area (Å²) in [7, 11) is 0. The third-order valence-corrected chi connectivity index (χ3v) is 2.29. The monoisotopic (exact) mass is 231 g/mol. The molecule has 0 aliphatic heterocycles. The van der Waals surface area contributed by atoms with Crippen molar-refractivity contribution in [3.8, 4) is 0 Å². The Morgan fingerprint density at radius 1 is 1.41 bits per heavy atom. The number of nitrogens with zero attached hydrogens (tertiary/aromatic N) is 2. The average Bonchev–Trinajstić information content (AvgIpc) is 2.29. The van der Waals surface area contributed by atoms with Crippen molar-refractivity contribution in [2.24, 2.45) is 5.73 Å². The van der Waals surface area contributed by atoms with Crippen molar-refractivity contribution in [1.29, 1.82) is 0 Å². The fraction of sp³-hybridized carbons (Fsp3) is 0.0833. The fourth-order valence-corrected chi connectivity index (χ4v) is 1.55. The Kier molecular flexibility index (Phi) is 3.09. The van der Waals surface area contributed by atoms with Crippen molar-refractivity contribution >= 4 is 5.91 Å². The van der Waals surface area contributed by atoms with Crippen molar-refractivity contribution in [1.82, 2.24) is 9.97 Å². The molecule has 0 fully saturated rings. The number of hydrogen-bond acceptors (Lipinski definition) is 3. The summed E-state index contributed by atoms with van der Waals surface area (Å²) in [5.74, 6) is -0.962. The number of hydrogen-bond donors (Lipinski definition) is 1. The molecule has 4 nitrogen and oxygen atoms in total. The first-order chi connectivity index (χ1) is 8.16. The van der Waals surface area contributed by atoms with Crippen LogP contribution in [0.15, 0.2) is 36.8 Å². The van der Waals surface area contributed by atoms with Gasteiger partial charge in [0.25, 0.3) is 5.91 Å². The third kappa shape index (κ3) is 2.63. The lowest BCUT2D eigenvalue weighted by Crippen LogP contribution is -2.14. The Bertz CT molecular complexity index is 557. The molecule has 86 valence electrons. The lowest BCUT2D eigenvalue weighted by molar-refractivity contribution is 0.0999. The molecule has 0 aromatic carbocycles. The van der Waals surface area contributed by atoms with Gasteiger partial charge in [0, 0.05) is 18.8 Å². The molecule has 0 saturated carbocycles. The molecule has 0 radical (unpaired) electrons. The zero-order valence-corrected chi connectivity index (χ0v) is 8.93. The first kappa shape index (κ1) is 11.2. The maximum absolute atomic E-state index is 13.0. The van der Waals surface area contributed by atoms with Gasteiger partial charge in [0.15, 0.2) is 0 Å². The van der Waals surface area contributed by atoms with Gasteiger partial charge in [0.05, 0.1) is 17.5 Å². The van der Waals surface area contributed by atoms with Crippen LogP contribution in [0.25, 0.3) is 0 Å². The highest BCUT2D eigenvalue weighted by molar-refractivity contribution is 5.93. The predicted octanol–water partition coefficient (Wildman–Crippen LogP) is 1.31. The molecular weight excluding hydrogens is 221 g/mol. The molecule has 0 bridgehead atoms. The summed E-state index contributed by atoms with van der Waals surface area (Å²) < 4.78 is 13.0. The Hall–Kier alpha value is -2.30. The van der Waals surface area contributed by atoms with E-state index in [0.29, 0.717) is 23.2 Å². The average molecular weight is 231 g/mol. The largest absolute Gasteiger partial charge is 0.366 e. The van der Waals surface area contributed by atoms with Crippen LogP contribution in [0.2, 0.25) is 0 Å². The number of rotatable bonds is 3. The lowest BCUT2D eigenvalue weighted by atomic mass is 10.1. The molecule has 2 aromatic rings. The summed E-state index contributed by atoms with van der Waals surface area (Å²) in [6.45, 7) is 0. The minimum atomic E-state index is -0.544. The molecule has 2 N–H and O–H groups in total. The van der Waals surface area contributed by atoms with Gasteiger partial charge in [-0.05, 0) is 23.8 Å². The van der Waals surface area contributed by atoms with Crippen LogP contribution < -0.4 is 5.73 Å². The van der Waals surface area contributed by atoms with E-state index in [1.165, 1.54) is 12.3 Å². The number of carbonyl (C=O) groups excluding carboxylic acids is 1. The first-order valence-corrected chi connectivity index (χ1v) is 5.00. The predicted molar refractivity (Wildman–Crippen MR) is 59.8 cm³/mol. The number of carbonyl (C=O) groups is 1. The number of halogens is 1. The van der Waals surface area contributed by atoms with Gasteiger partial charge in [-0.1, -0.05) is 0 Å². The van der Waals surface area contributed by atoms with Gasteiger partial charge in [-0.15, -0.1) is 0 Å². The first-order valence-electron chi connectivity index (χ1n) is 5.00. The second-order valence-electron chi connectivity index (χ2n) is 3.55. The quantitative estimate of drug-likeness (QED) is 0.865. The number of nitrogens with two attached hydrogens (primary N) is 1. The van der Waals surface area contributed by atoms with Crippen LogP contribution in [0.3, 0.4) is 0 Å². The van der Waals surface area contributed by atoms with Gasteiger partial charge in [0.1, 0.15) is 5.82 Å². The van der Waals surface area contributed by atoms with E-state index in [9.17, 15) is 9.18 Å². The molecule has 0 unspecified atom stereocenters. The highest BCUT2D eigenvalue weighted by atomic mass is 19.1. The summed E-state index contributed by atoms with van der Waals surface area (Å²) >= 11 is 0. The Labute approximate surface area is 97.3 Å². The van der Waals surface area contributed by atoms with Gasteiger partial charge in [-0.25, -0.2) is 4.39 Å². The maximum Gasteiger partial charge on any atom is 0.250 e. The highest BCUT2D eigenvalue weighted by Crippen LogP contribution is 2.11. The minimum Gasteiger partial charge on any atom is -0.366 e. The number of amides is 1. The molecule has 5 heteroatoms. The van der Waals surface area contributed by atoms with Crippen LogP contribution in [0.4, 0.5) is 4.39 Å². The van der Waals surface area contributed by atoms with Crippen LogP contribution in [0.5, 0.6) is 0 Å². The van der Waals surface area contributed by atoms with Crippen LogP contribution in [0.1, 0.15) is 21.6 Å². The number of pyridine rings is 2. The van der Waals surface area contributed by atoms with Gasteiger partial charge < -0.3 is 5.73 Å². The highest BCUT2D eigenvalue weighted by Gasteiger charge is 2.09. The molecule has 0 aliphatic carbocycles. The van der Waals surface area contributed by atoms with E-state index in [-0.39, 0.29) is 0 Å². The fourth-order valence-electron chi connectivity index (χ4n) is 1.55. The Balaban J connectivity index is 2.33. The summed E-state index contributed by atoms with van der Waals surface area (Å²) in [5.41, 5.74) is 6.74. The van der Waals surface area contributed by atoms with Crippen molar-refractivity contribution < 1.29 is 9.18 Å². The topological polar surface area (TPSA) is 68.9 Å². The summed E-state index contributed by atoms with van der Waals surface area (Å²) in [6.07, 6.45) is 4.54. The molecule has 2 heterocycles. The second kappa shape index (κ2) is 4.69. The van der Waals surface area contributed by atoms with E-state index in [0.717, 1.165) is 6.20 Å². The van der Waals surface area contributed by atoms with E-state index in [4.69, 9.17) is 5.73 Å². The lowest BCUT2D eigenvalue weighted by Gasteiger charge is -2.05. The molecule has 17 heavy (non-hydrogen) atoms. The molecule has 0 saturated heterocycles. The maximum atomic E-state index is 13.0. The molecular formula is C12H10FN3O. The van der Waals surface area contributed by atoms with E-state index >= 15 is 0 Å². The zero-order chi connectivity index (χ0) is 12.3. The molecule has 0 aliphatic rings. The van der Waals surface area contributed by atoms with Gasteiger partial charge >= 0.3 is 0 Å². The van der Waals surface area contributed by atoms with Crippen molar-refractivity contribution in [2.45, 2.75) is 6.42 Å². The van der Waals surface area contributed by atoms with Gasteiger partial charge in [0.2, 0.25) is 0 Å². The second-order valence-corrected chi connectivity index (χ2v) is 3.55. The third-order valence-electron chi connectivity index (χ3n) is 2.29. The van der Waals surface area contributed by atoms with Crippen molar-refractivity contribution in [2.75, 3.05) is 0 Å². The van der Waals surface area contributed by atoms with Crippen LogP contribution in [-0.4, -0.2) is 15.9 Å². The minimum absolute atomic E-state index is 0.323. The summed E-state index contributed by atoms with van der Waals surface area (Å²) in [6, 6.07) is 4.58. The van der Waals surface area contributed by atoms with E-state index in [1.54, 1.807) is 18.3 Å². The van der Waals surface area contributed by atoms with Crippen LogP contribution >= 0.6 is 0 Å². The molecule has 2 rings (SSSR count). The smallest absolute Gasteiger partial charge is 0.250 e. The normalized spacial score (nSPS) is 10.2.